The fourth-order valence-electron chi connectivity index (χ4n) is 2.46. The Morgan fingerprint density at radius 2 is 1.88 bits per heavy atom. The second kappa shape index (κ2) is 8.09. The van der Waals surface area contributed by atoms with E-state index in [4.69, 9.17) is 0 Å². The summed E-state index contributed by atoms with van der Waals surface area (Å²) in [6, 6.07) is 7.89. The molecule has 3 nitrogen and oxygen atoms in total. The summed E-state index contributed by atoms with van der Waals surface area (Å²) in [7, 11) is 0. The number of amides is 1. The van der Waals surface area contributed by atoms with Crippen LogP contribution in [0.3, 0.4) is 0 Å². The Hall–Kier alpha value is -2.06. The van der Waals surface area contributed by atoms with Crippen molar-refractivity contribution in [2.75, 3.05) is 5.75 Å². The molecule has 1 amide bonds. The molecule has 26 heavy (non-hydrogen) atoms. The molecule has 0 saturated carbocycles. The highest BCUT2D eigenvalue weighted by Gasteiger charge is 2.13. The zero-order valence-corrected chi connectivity index (χ0v) is 15.5. The van der Waals surface area contributed by atoms with Gasteiger partial charge in [0.15, 0.2) is 10.6 Å². The molecule has 0 bridgehead atoms. The molecule has 8 heteroatoms. The summed E-state index contributed by atoms with van der Waals surface area (Å²) in [5, 5.41) is 0. The number of hydrogen-bond acceptors (Lipinski definition) is 3. The molecule has 3 rings (SSSR count). The Morgan fingerprint density at radius 3 is 2.58 bits per heavy atom. The molecule has 2 aromatic carbocycles. The number of aromatic nitrogens is 1. The molecule has 0 fully saturated rings. The van der Waals surface area contributed by atoms with Gasteiger partial charge in [0.2, 0.25) is 0 Å². The lowest BCUT2D eigenvalue weighted by Gasteiger charge is -2.03. The summed E-state index contributed by atoms with van der Waals surface area (Å²) in [5.74, 6) is -1.99. The van der Waals surface area contributed by atoms with Gasteiger partial charge in [-0.25, -0.2) is 13.2 Å². The number of rotatable bonds is 5. The maximum atomic E-state index is 14.2. The van der Waals surface area contributed by atoms with Gasteiger partial charge in [-0.15, -0.1) is 11.8 Å². The Morgan fingerprint density at radius 1 is 1.15 bits per heavy atom. The Labute approximate surface area is 156 Å². The fourth-order valence-corrected chi connectivity index (χ4v) is 4.26. The fraction of sp³-hybridized carbons (Fsp3) is 0.222. The van der Waals surface area contributed by atoms with Gasteiger partial charge in [-0.2, -0.15) is 4.99 Å². The van der Waals surface area contributed by atoms with E-state index >= 15 is 0 Å². The van der Waals surface area contributed by atoms with Gasteiger partial charge in [-0.05, 0) is 36.8 Å². The second-order valence-corrected chi connectivity index (χ2v) is 7.58. The van der Waals surface area contributed by atoms with Crippen LogP contribution >= 0.6 is 23.1 Å². The minimum Gasteiger partial charge on any atom is -0.314 e. The van der Waals surface area contributed by atoms with Gasteiger partial charge in [0, 0.05) is 17.5 Å². The lowest BCUT2D eigenvalue weighted by Crippen LogP contribution is -2.18. The van der Waals surface area contributed by atoms with Crippen LogP contribution in [0.2, 0.25) is 0 Å². The van der Waals surface area contributed by atoms with E-state index in [1.807, 2.05) is 6.92 Å². The van der Waals surface area contributed by atoms with E-state index in [9.17, 15) is 18.0 Å². The lowest BCUT2D eigenvalue weighted by molar-refractivity contribution is -0.115. The minimum absolute atomic E-state index is 0.0723. The smallest absolute Gasteiger partial charge is 0.258 e. The SMILES string of the molecule is CCCn1c(=NC(=O)CSc2ccc(F)cc2)sc2cc(F)cc(F)c21. The first kappa shape index (κ1) is 18.7. The maximum Gasteiger partial charge on any atom is 0.258 e. The first-order chi connectivity index (χ1) is 12.5. The van der Waals surface area contributed by atoms with Crippen molar-refractivity contribution < 1.29 is 18.0 Å². The van der Waals surface area contributed by atoms with Gasteiger partial charge in [-0.3, -0.25) is 4.79 Å². The van der Waals surface area contributed by atoms with Crippen molar-refractivity contribution >= 4 is 39.2 Å². The number of carbonyl (C=O) groups is 1. The predicted molar refractivity (Wildman–Crippen MR) is 97.7 cm³/mol. The van der Waals surface area contributed by atoms with Gasteiger partial charge < -0.3 is 4.57 Å². The van der Waals surface area contributed by atoms with Crippen LogP contribution in [-0.2, 0) is 11.3 Å². The molecule has 136 valence electrons. The molecule has 0 saturated heterocycles. The number of thiazole rings is 1. The number of halogens is 3. The first-order valence-electron chi connectivity index (χ1n) is 7.92. The number of benzene rings is 2. The average molecular weight is 396 g/mol. The van der Waals surface area contributed by atoms with Crippen LogP contribution in [0.25, 0.3) is 10.2 Å². The van der Waals surface area contributed by atoms with Crippen LogP contribution in [0.4, 0.5) is 13.2 Å². The molecule has 0 unspecified atom stereocenters. The highest BCUT2D eigenvalue weighted by Crippen LogP contribution is 2.23. The van der Waals surface area contributed by atoms with Crippen molar-refractivity contribution in [2.24, 2.45) is 4.99 Å². The molecule has 3 aromatic rings. The molecule has 0 aliphatic rings. The van der Waals surface area contributed by atoms with Crippen molar-refractivity contribution in [2.45, 2.75) is 24.8 Å². The summed E-state index contributed by atoms with van der Waals surface area (Å²) in [6.07, 6.45) is 0.717. The van der Waals surface area contributed by atoms with Crippen LogP contribution in [0, 0.1) is 17.5 Å². The monoisotopic (exact) mass is 396 g/mol. The van der Waals surface area contributed by atoms with E-state index in [1.54, 1.807) is 16.7 Å². The Kier molecular flexibility index (Phi) is 5.83. The third-order valence-electron chi connectivity index (χ3n) is 3.54. The van der Waals surface area contributed by atoms with Gasteiger partial charge in [0.1, 0.15) is 11.6 Å². The second-order valence-electron chi connectivity index (χ2n) is 5.52. The number of nitrogens with zero attached hydrogens (tertiary/aromatic N) is 2. The third kappa shape index (κ3) is 4.19. The van der Waals surface area contributed by atoms with Gasteiger partial charge in [0.05, 0.1) is 16.0 Å². The maximum absolute atomic E-state index is 14.2. The molecule has 0 atom stereocenters. The average Bonchev–Trinajstić information content (AvgIpc) is 2.92. The summed E-state index contributed by atoms with van der Waals surface area (Å²) in [5.41, 5.74) is 0.260. The summed E-state index contributed by atoms with van der Waals surface area (Å²) >= 11 is 2.32. The van der Waals surface area contributed by atoms with E-state index in [2.05, 4.69) is 4.99 Å². The van der Waals surface area contributed by atoms with E-state index in [0.29, 0.717) is 22.5 Å². The number of thioether (sulfide) groups is 1. The van der Waals surface area contributed by atoms with E-state index in [0.717, 1.165) is 22.3 Å². The van der Waals surface area contributed by atoms with Gasteiger partial charge in [-0.1, -0.05) is 18.3 Å². The quantitative estimate of drug-likeness (QED) is 0.584. The number of fused-ring (bicyclic) bond motifs is 1. The highest BCUT2D eigenvalue weighted by atomic mass is 32.2. The molecule has 0 aliphatic carbocycles. The minimum atomic E-state index is -0.667. The van der Waals surface area contributed by atoms with Crippen LogP contribution in [0.1, 0.15) is 13.3 Å². The summed E-state index contributed by atoms with van der Waals surface area (Å²) < 4.78 is 42.5. The molecular weight excluding hydrogens is 381 g/mol. The summed E-state index contributed by atoms with van der Waals surface area (Å²) in [6.45, 7) is 2.40. The third-order valence-corrected chi connectivity index (χ3v) is 5.56. The normalized spacial score (nSPS) is 12.1. The summed E-state index contributed by atoms with van der Waals surface area (Å²) in [4.78, 5) is 17.4. The molecule has 0 radical (unpaired) electrons. The zero-order chi connectivity index (χ0) is 18.7. The number of carbonyl (C=O) groups excluding carboxylic acids is 1. The molecular formula is C18H15F3N2OS2. The first-order valence-corrected chi connectivity index (χ1v) is 9.72. The van der Waals surface area contributed by atoms with E-state index in [-0.39, 0.29) is 17.1 Å². The Balaban J connectivity index is 1.90. The highest BCUT2D eigenvalue weighted by molar-refractivity contribution is 8.00. The van der Waals surface area contributed by atoms with Crippen molar-refractivity contribution in [3.8, 4) is 0 Å². The number of aryl methyl sites for hydroxylation is 1. The molecule has 1 aromatic heterocycles. The van der Waals surface area contributed by atoms with Gasteiger partial charge in [0.25, 0.3) is 5.91 Å². The zero-order valence-electron chi connectivity index (χ0n) is 13.8. The largest absolute Gasteiger partial charge is 0.314 e. The standard InChI is InChI=1S/C18H15F3N2OS2/c1-2-7-23-17-14(21)8-12(20)9-15(17)26-18(23)22-16(24)10-25-13-5-3-11(19)4-6-13/h3-6,8-9H,2,7,10H2,1H3. The molecule has 0 spiro atoms. The topological polar surface area (TPSA) is 34.4 Å². The van der Waals surface area contributed by atoms with Crippen LogP contribution in [0.5, 0.6) is 0 Å². The molecule has 0 N–H and O–H groups in total. The van der Waals surface area contributed by atoms with Crippen LogP contribution in [0.15, 0.2) is 46.3 Å². The van der Waals surface area contributed by atoms with Crippen molar-refractivity contribution in [1.29, 1.82) is 0 Å². The van der Waals surface area contributed by atoms with Crippen molar-refractivity contribution in [3.63, 3.8) is 0 Å². The Bertz CT molecular complexity index is 1010. The molecule has 0 aliphatic heterocycles. The van der Waals surface area contributed by atoms with E-state index in [1.165, 1.54) is 30.0 Å². The van der Waals surface area contributed by atoms with Crippen LogP contribution < -0.4 is 4.80 Å². The molecule has 1 heterocycles. The van der Waals surface area contributed by atoms with Crippen molar-refractivity contribution in [1.82, 2.24) is 4.57 Å². The van der Waals surface area contributed by atoms with E-state index < -0.39 is 17.5 Å². The van der Waals surface area contributed by atoms with Gasteiger partial charge >= 0.3 is 0 Å². The predicted octanol–water partition coefficient (Wildman–Crippen LogP) is 4.75. The van der Waals surface area contributed by atoms with Crippen LogP contribution in [-0.4, -0.2) is 16.2 Å². The number of hydrogen-bond donors (Lipinski definition) is 0. The van der Waals surface area contributed by atoms with Crippen molar-refractivity contribution in [3.05, 3.63) is 58.7 Å². The lowest BCUT2D eigenvalue weighted by atomic mass is 10.3.